The van der Waals surface area contributed by atoms with Crippen LogP contribution in [0.1, 0.15) is 30.9 Å². The highest BCUT2D eigenvalue weighted by atomic mass is 32.1. The zero-order valence-corrected chi connectivity index (χ0v) is 11.9. The fourth-order valence-electron chi connectivity index (χ4n) is 2.10. The summed E-state index contributed by atoms with van der Waals surface area (Å²) in [4.78, 5) is 0. The van der Waals surface area contributed by atoms with E-state index in [-0.39, 0.29) is 0 Å². The maximum atomic E-state index is 3.56. The summed E-state index contributed by atoms with van der Waals surface area (Å²) in [7, 11) is 0. The van der Waals surface area contributed by atoms with Crippen LogP contribution in [0.15, 0.2) is 47.2 Å². The summed E-state index contributed by atoms with van der Waals surface area (Å²) in [5.41, 5.74) is 2.87. The van der Waals surface area contributed by atoms with E-state index in [9.17, 15) is 0 Å². The Labute approximate surface area is 114 Å². The Hall–Kier alpha value is -1.12. The largest absolute Gasteiger partial charge is 0.314 e. The van der Waals surface area contributed by atoms with Gasteiger partial charge in [-0.15, -0.1) is 0 Å². The van der Waals surface area contributed by atoms with Crippen LogP contribution in [0, 0.1) is 0 Å². The third-order valence-corrected chi connectivity index (χ3v) is 3.84. The summed E-state index contributed by atoms with van der Waals surface area (Å²) in [5.74, 6) is 0.559. The minimum Gasteiger partial charge on any atom is -0.314 e. The zero-order chi connectivity index (χ0) is 12.8. The highest BCUT2D eigenvalue weighted by Gasteiger charge is 2.12. The van der Waals surface area contributed by atoms with E-state index in [4.69, 9.17) is 0 Å². The summed E-state index contributed by atoms with van der Waals surface area (Å²) in [6.07, 6.45) is 1.12. The molecule has 2 heteroatoms. The smallest absolute Gasteiger partial charge is 0.00257 e. The molecule has 1 N–H and O–H groups in total. The van der Waals surface area contributed by atoms with E-state index in [0.717, 1.165) is 13.0 Å². The van der Waals surface area contributed by atoms with Crippen molar-refractivity contribution in [1.82, 2.24) is 5.32 Å². The Kier molecular flexibility index (Phi) is 4.97. The average molecular weight is 259 g/mol. The molecule has 96 valence electrons. The van der Waals surface area contributed by atoms with E-state index < -0.39 is 0 Å². The molecule has 0 spiro atoms. The van der Waals surface area contributed by atoms with Gasteiger partial charge in [0.05, 0.1) is 0 Å². The molecule has 0 bridgehead atoms. The van der Waals surface area contributed by atoms with Crippen LogP contribution < -0.4 is 5.32 Å². The lowest BCUT2D eigenvalue weighted by molar-refractivity contribution is 0.527. The third-order valence-electron chi connectivity index (χ3n) is 3.11. The molecule has 0 radical (unpaired) electrons. The molecule has 0 amide bonds. The zero-order valence-electron chi connectivity index (χ0n) is 11.1. The third kappa shape index (κ3) is 3.97. The fraction of sp³-hybridized carbons (Fsp3) is 0.375. The fourth-order valence-corrected chi connectivity index (χ4v) is 2.79. The normalized spacial score (nSPS) is 12.8. The van der Waals surface area contributed by atoms with E-state index >= 15 is 0 Å². The Morgan fingerprint density at radius 3 is 2.50 bits per heavy atom. The molecule has 0 aliphatic heterocycles. The van der Waals surface area contributed by atoms with Crippen LogP contribution in [0.2, 0.25) is 0 Å². The molecule has 0 aliphatic carbocycles. The van der Waals surface area contributed by atoms with Crippen molar-refractivity contribution in [3.05, 3.63) is 58.3 Å². The monoisotopic (exact) mass is 259 g/mol. The number of hydrogen-bond donors (Lipinski definition) is 1. The summed E-state index contributed by atoms with van der Waals surface area (Å²) < 4.78 is 0. The number of nitrogens with one attached hydrogen (secondary N) is 1. The van der Waals surface area contributed by atoms with Crippen LogP contribution >= 0.6 is 11.3 Å². The SMILES string of the molecule is CC(C)NCC(Cc1ccsc1)c1ccccc1. The maximum absolute atomic E-state index is 3.56. The molecule has 0 saturated heterocycles. The first-order valence-electron chi connectivity index (χ1n) is 6.55. The van der Waals surface area contributed by atoms with Gasteiger partial charge < -0.3 is 5.32 Å². The molecular weight excluding hydrogens is 238 g/mol. The Balaban J connectivity index is 2.07. The van der Waals surface area contributed by atoms with E-state index in [2.05, 4.69) is 66.3 Å². The predicted octanol–water partition coefficient (Wildman–Crippen LogP) is 4.07. The van der Waals surface area contributed by atoms with Crippen molar-refractivity contribution in [1.29, 1.82) is 0 Å². The van der Waals surface area contributed by atoms with E-state index in [1.807, 2.05) is 0 Å². The molecule has 18 heavy (non-hydrogen) atoms. The van der Waals surface area contributed by atoms with Gasteiger partial charge in [-0.1, -0.05) is 44.2 Å². The number of thiophene rings is 1. The van der Waals surface area contributed by atoms with Crippen molar-refractivity contribution >= 4 is 11.3 Å². The lowest BCUT2D eigenvalue weighted by atomic mass is 9.93. The van der Waals surface area contributed by atoms with Crippen LogP contribution in [0.4, 0.5) is 0 Å². The minimum atomic E-state index is 0.540. The van der Waals surface area contributed by atoms with Crippen molar-refractivity contribution in [3.63, 3.8) is 0 Å². The second kappa shape index (κ2) is 6.72. The number of hydrogen-bond acceptors (Lipinski definition) is 2. The Bertz CT molecular complexity index is 433. The van der Waals surface area contributed by atoms with Gasteiger partial charge in [-0.2, -0.15) is 11.3 Å². The average Bonchev–Trinajstić information content (AvgIpc) is 2.88. The molecular formula is C16H21NS. The van der Waals surface area contributed by atoms with Crippen LogP contribution in [0.25, 0.3) is 0 Å². The van der Waals surface area contributed by atoms with Crippen LogP contribution in [0.5, 0.6) is 0 Å². The highest BCUT2D eigenvalue weighted by molar-refractivity contribution is 7.07. The summed E-state index contributed by atoms with van der Waals surface area (Å²) in [5, 5.41) is 7.98. The molecule has 1 atom stereocenters. The first-order valence-corrected chi connectivity index (χ1v) is 7.49. The van der Waals surface area contributed by atoms with Crippen LogP contribution in [-0.2, 0) is 6.42 Å². The van der Waals surface area contributed by atoms with Gasteiger partial charge in [0.15, 0.2) is 0 Å². The first-order chi connectivity index (χ1) is 8.75. The molecule has 1 unspecified atom stereocenters. The van der Waals surface area contributed by atoms with Crippen molar-refractivity contribution < 1.29 is 0 Å². The van der Waals surface area contributed by atoms with Crippen molar-refractivity contribution in [2.24, 2.45) is 0 Å². The second-order valence-electron chi connectivity index (χ2n) is 5.01. The van der Waals surface area contributed by atoms with Crippen LogP contribution in [0.3, 0.4) is 0 Å². The predicted molar refractivity (Wildman–Crippen MR) is 80.3 cm³/mol. The number of rotatable bonds is 6. The highest BCUT2D eigenvalue weighted by Crippen LogP contribution is 2.21. The molecule has 1 nitrogen and oxygen atoms in total. The van der Waals surface area contributed by atoms with Gasteiger partial charge >= 0.3 is 0 Å². The number of benzene rings is 1. The van der Waals surface area contributed by atoms with Gasteiger partial charge in [-0.05, 0) is 34.4 Å². The Morgan fingerprint density at radius 2 is 1.89 bits per heavy atom. The molecule has 0 fully saturated rings. The molecule has 2 rings (SSSR count). The summed E-state index contributed by atoms with van der Waals surface area (Å²) in [6.45, 7) is 5.44. The maximum Gasteiger partial charge on any atom is 0.00257 e. The summed E-state index contributed by atoms with van der Waals surface area (Å²) in [6, 6.07) is 13.6. The second-order valence-corrected chi connectivity index (χ2v) is 5.79. The van der Waals surface area contributed by atoms with Gasteiger partial charge in [-0.3, -0.25) is 0 Å². The van der Waals surface area contributed by atoms with E-state index in [0.29, 0.717) is 12.0 Å². The lowest BCUT2D eigenvalue weighted by Crippen LogP contribution is -2.28. The van der Waals surface area contributed by atoms with Gasteiger partial charge in [0.25, 0.3) is 0 Å². The van der Waals surface area contributed by atoms with E-state index in [1.165, 1.54) is 11.1 Å². The lowest BCUT2D eigenvalue weighted by Gasteiger charge is -2.19. The van der Waals surface area contributed by atoms with Gasteiger partial charge in [0.1, 0.15) is 0 Å². The van der Waals surface area contributed by atoms with Crippen molar-refractivity contribution in [3.8, 4) is 0 Å². The molecule has 1 aromatic heterocycles. The quantitative estimate of drug-likeness (QED) is 0.824. The summed E-state index contributed by atoms with van der Waals surface area (Å²) >= 11 is 1.78. The molecule has 1 heterocycles. The van der Waals surface area contributed by atoms with Crippen molar-refractivity contribution in [2.45, 2.75) is 32.2 Å². The van der Waals surface area contributed by atoms with Crippen LogP contribution in [-0.4, -0.2) is 12.6 Å². The molecule has 2 aromatic rings. The minimum absolute atomic E-state index is 0.540. The van der Waals surface area contributed by atoms with Gasteiger partial charge in [0.2, 0.25) is 0 Å². The van der Waals surface area contributed by atoms with E-state index in [1.54, 1.807) is 11.3 Å². The van der Waals surface area contributed by atoms with Gasteiger partial charge in [-0.25, -0.2) is 0 Å². The molecule has 0 aliphatic rings. The van der Waals surface area contributed by atoms with Crippen molar-refractivity contribution in [2.75, 3.05) is 6.54 Å². The van der Waals surface area contributed by atoms with Gasteiger partial charge in [0, 0.05) is 18.5 Å². The Morgan fingerprint density at radius 1 is 1.11 bits per heavy atom. The standard InChI is InChI=1S/C16H21NS/c1-13(2)17-11-16(10-14-8-9-18-12-14)15-6-4-3-5-7-15/h3-9,12-13,16-17H,10-11H2,1-2H3. The molecule has 1 aromatic carbocycles. The molecule has 0 saturated carbocycles. The topological polar surface area (TPSA) is 12.0 Å². The first kappa shape index (κ1) is 13.3.